The SMILES string of the molecule is COc1cccc(CNc2cc(Cl)ccc2Cl)c1F. The van der Waals surface area contributed by atoms with Gasteiger partial charge in [-0.1, -0.05) is 35.3 Å². The van der Waals surface area contributed by atoms with Crippen LogP contribution in [0.4, 0.5) is 10.1 Å². The van der Waals surface area contributed by atoms with E-state index in [-0.39, 0.29) is 11.6 Å². The molecule has 2 rings (SSSR count). The summed E-state index contributed by atoms with van der Waals surface area (Å²) in [7, 11) is 1.43. The lowest BCUT2D eigenvalue weighted by atomic mass is 10.2. The average molecular weight is 300 g/mol. The van der Waals surface area contributed by atoms with Crippen LogP contribution in [0.1, 0.15) is 5.56 Å². The van der Waals surface area contributed by atoms with E-state index >= 15 is 0 Å². The van der Waals surface area contributed by atoms with Gasteiger partial charge in [0.05, 0.1) is 17.8 Å². The molecule has 0 bridgehead atoms. The lowest BCUT2D eigenvalue weighted by Crippen LogP contribution is -2.03. The molecular weight excluding hydrogens is 288 g/mol. The van der Waals surface area contributed by atoms with Crippen molar-refractivity contribution in [2.75, 3.05) is 12.4 Å². The number of nitrogens with one attached hydrogen (secondary N) is 1. The van der Waals surface area contributed by atoms with Crippen molar-refractivity contribution >= 4 is 28.9 Å². The summed E-state index contributed by atoms with van der Waals surface area (Å²) in [5.41, 5.74) is 1.16. The van der Waals surface area contributed by atoms with Crippen LogP contribution in [-0.4, -0.2) is 7.11 Å². The molecule has 0 heterocycles. The van der Waals surface area contributed by atoms with E-state index in [1.807, 2.05) is 0 Å². The Balaban J connectivity index is 2.17. The van der Waals surface area contributed by atoms with Crippen molar-refractivity contribution in [1.29, 1.82) is 0 Å². The Labute approximate surface area is 121 Å². The van der Waals surface area contributed by atoms with E-state index in [1.165, 1.54) is 7.11 Å². The van der Waals surface area contributed by atoms with Crippen molar-refractivity contribution in [2.45, 2.75) is 6.54 Å². The highest BCUT2D eigenvalue weighted by Crippen LogP contribution is 2.27. The summed E-state index contributed by atoms with van der Waals surface area (Å²) < 4.78 is 18.9. The zero-order valence-electron chi connectivity index (χ0n) is 10.2. The van der Waals surface area contributed by atoms with Crippen molar-refractivity contribution in [2.24, 2.45) is 0 Å². The first kappa shape index (κ1) is 14.0. The van der Waals surface area contributed by atoms with Gasteiger partial charge in [0, 0.05) is 17.1 Å². The van der Waals surface area contributed by atoms with E-state index in [0.717, 1.165) is 0 Å². The molecule has 0 spiro atoms. The van der Waals surface area contributed by atoms with E-state index in [9.17, 15) is 4.39 Å². The Kier molecular flexibility index (Phi) is 4.51. The van der Waals surface area contributed by atoms with Crippen LogP contribution < -0.4 is 10.1 Å². The monoisotopic (exact) mass is 299 g/mol. The quantitative estimate of drug-likeness (QED) is 0.879. The van der Waals surface area contributed by atoms with Gasteiger partial charge in [0.1, 0.15) is 0 Å². The molecule has 0 unspecified atom stereocenters. The molecule has 100 valence electrons. The number of rotatable bonds is 4. The molecule has 0 radical (unpaired) electrons. The van der Waals surface area contributed by atoms with Gasteiger partial charge >= 0.3 is 0 Å². The highest BCUT2D eigenvalue weighted by molar-refractivity contribution is 6.35. The second-order valence-electron chi connectivity index (χ2n) is 3.91. The molecule has 0 aliphatic heterocycles. The molecule has 19 heavy (non-hydrogen) atoms. The lowest BCUT2D eigenvalue weighted by Gasteiger charge is -2.11. The summed E-state index contributed by atoms with van der Waals surface area (Å²) in [4.78, 5) is 0. The smallest absolute Gasteiger partial charge is 0.170 e. The summed E-state index contributed by atoms with van der Waals surface area (Å²) >= 11 is 11.9. The van der Waals surface area contributed by atoms with E-state index in [4.69, 9.17) is 27.9 Å². The molecule has 2 aromatic carbocycles. The first-order valence-corrected chi connectivity index (χ1v) is 6.37. The van der Waals surface area contributed by atoms with Crippen LogP contribution in [0.25, 0.3) is 0 Å². The number of benzene rings is 2. The average Bonchev–Trinajstić information content (AvgIpc) is 2.41. The lowest BCUT2D eigenvalue weighted by molar-refractivity contribution is 0.384. The normalized spacial score (nSPS) is 10.3. The number of halogens is 3. The van der Waals surface area contributed by atoms with Gasteiger partial charge in [0.2, 0.25) is 0 Å². The molecular formula is C14H12Cl2FNO. The minimum atomic E-state index is -0.379. The fraction of sp³-hybridized carbons (Fsp3) is 0.143. The second-order valence-corrected chi connectivity index (χ2v) is 4.75. The predicted molar refractivity (Wildman–Crippen MR) is 76.7 cm³/mol. The largest absolute Gasteiger partial charge is 0.494 e. The molecule has 2 nitrogen and oxygen atoms in total. The van der Waals surface area contributed by atoms with Crippen LogP contribution in [-0.2, 0) is 6.54 Å². The molecule has 0 saturated heterocycles. The molecule has 0 fully saturated rings. The summed E-state index contributed by atoms with van der Waals surface area (Å²) in [6.45, 7) is 0.295. The molecule has 0 aromatic heterocycles. The number of anilines is 1. The predicted octanol–water partition coefficient (Wildman–Crippen LogP) is 4.75. The maximum absolute atomic E-state index is 13.9. The molecule has 0 saturated carbocycles. The van der Waals surface area contributed by atoms with Crippen LogP contribution in [0.5, 0.6) is 5.75 Å². The van der Waals surface area contributed by atoms with Crippen LogP contribution in [0.3, 0.4) is 0 Å². The second kappa shape index (κ2) is 6.13. The molecule has 2 aromatic rings. The molecule has 0 amide bonds. The number of ether oxygens (including phenoxy) is 1. The van der Waals surface area contributed by atoms with E-state index in [2.05, 4.69) is 5.32 Å². The minimum absolute atomic E-state index is 0.219. The Hall–Kier alpha value is -1.45. The van der Waals surface area contributed by atoms with Crippen LogP contribution in [0.2, 0.25) is 10.0 Å². The highest BCUT2D eigenvalue weighted by Gasteiger charge is 2.08. The Bertz CT molecular complexity index is 590. The van der Waals surface area contributed by atoms with Gasteiger partial charge in [-0.2, -0.15) is 0 Å². The van der Waals surface area contributed by atoms with Crippen LogP contribution >= 0.6 is 23.2 Å². The minimum Gasteiger partial charge on any atom is -0.494 e. The standard InChI is InChI=1S/C14H12Cl2FNO/c1-19-13-4-2-3-9(14(13)17)8-18-12-7-10(15)5-6-11(12)16/h2-7,18H,8H2,1H3. The molecule has 1 N–H and O–H groups in total. The fourth-order valence-corrected chi connectivity index (χ4v) is 2.03. The van der Waals surface area contributed by atoms with Gasteiger partial charge in [0.15, 0.2) is 11.6 Å². The first-order chi connectivity index (χ1) is 9.11. The van der Waals surface area contributed by atoms with Gasteiger partial charge in [0.25, 0.3) is 0 Å². The maximum atomic E-state index is 13.9. The topological polar surface area (TPSA) is 21.3 Å². The molecule has 0 aliphatic carbocycles. The third-order valence-electron chi connectivity index (χ3n) is 2.66. The third-order valence-corrected chi connectivity index (χ3v) is 3.23. The molecule has 0 atom stereocenters. The van der Waals surface area contributed by atoms with Crippen molar-refractivity contribution < 1.29 is 9.13 Å². The fourth-order valence-electron chi connectivity index (χ4n) is 1.67. The van der Waals surface area contributed by atoms with Gasteiger partial charge in [-0.3, -0.25) is 0 Å². The van der Waals surface area contributed by atoms with Crippen molar-refractivity contribution in [1.82, 2.24) is 0 Å². The molecule has 0 aliphatic rings. The summed E-state index contributed by atoms with van der Waals surface area (Å²) in [5.74, 6) is -0.160. The number of hydrogen-bond donors (Lipinski definition) is 1. The van der Waals surface area contributed by atoms with Gasteiger partial charge in [-0.15, -0.1) is 0 Å². The van der Waals surface area contributed by atoms with Crippen molar-refractivity contribution in [3.8, 4) is 5.75 Å². The highest BCUT2D eigenvalue weighted by atomic mass is 35.5. The van der Waals surface area contributed by atoms with Crippen LogP contribution in [0, 0.1) is 5.82 Å². The Morgan fingerprint density at radius 2 is 2.00 bits per heavy atom. The Morgan fingerprint density at radius 3 is 2.74 bits per heavy atom. The third kappa shape index (κ3) is 3.31. The zero-order chi connectivity index (χ0) is 13.8. The summed E-state index contributed by atoms with van der Waals surface area (Å²) in [6, 6.07) is 10.1. The van der Waals surface area contributed by atoms with Crippen molar-refractivity contribution in [3.63, 3.8) is 0 Å². The zero-order valence-corrected chi connectivity index (χ0v) is 11.7. The van der Waals surface area contributed by atoms with Gasteiger partial charge < -0.3 is 10.1 Å². The van der Waals surface area contributed by atoms with Crippen molar-refractivity contribution in [3.05, 3.63) is 57.8 Å². The summed E-state index contributed by atoms with van der Waals surface area (Å²) in [5, 5.41) is 4.15. The van der Waals surface area contributed by atoms with E-state index in [0.29, 0.717) is 27.8 Å². The van der Waals surface area contributed by atoms with E-state index in [1.54, 1.807) is 36.4 Å². The van der Waals surface area contributed by atoms with Gasteiger partial charge in [-0.05, 0) is 24.3 Å². The first-order valence-electron chi connectivity index (χ1n) is 5.62. The van der Waals surface area contributed by atoms with E-state index < -0.39 is 0 Å². The summed E-state index contributed by atoms with van der Waals surface area (Å²) in [6.07, 6.45) is 0. The molecule has 5 heteroatoms. The Morgan fingerprint density at radius 1 is 1.21 bits per heavy atom. The maximum Gasteiger partial charge on any atom is 0.170 e. The van der Waals surface area contributed by atoms with Gasteiger partial charge in [-0.25, -0.2) is 4.39 Å². The number of methoxy groups -OCH3 is 1. The number of hydrogen-bond acceptors (Lipinski definition) is 2. The van der Waals surface area contributed by atoms with Crippen LogP contribution in [0.15, 0.2) is 36.4 Å².